The van der Waals surface area contributed by atoms with Crippen molar-refractivity contribution in [1.82, 2.24) is 4.98 Å². The minimum atomic E-state index is -4.39. The first-order chi connectivity index (χ1) is 8.36. The Bertz CT molecular complexity index is 427. The van der Waals surface area contributed by atoms with Gasteiger partial charge in [-0.15, -0.1) is 0 Å². The van der Waals surface area contributed by atoms with Crippen LogP contribution in [0.25, 0.3) is 0 Å². The highest BCUT2D eigenvalue weighted by atomic mass is 19.4. The van der Waals surface area contributed by atoms with Gasteiger partial charge in [-0.2, -0.15) is 13.2 Å². The van der Waals surface area contributed by atoms with Crippen LogP contribution in [0, 0.1) is 11.8 Å². The Balaban J connectivity index is 2.05. The third-order valence-corrected chi connectivity index (χ3v) is 3.20. The summed E-state index contributed by atoms with van der Waals surface area (Å²) in [5, 5.41) is 2.93. The number of anilines is 2. The molecule has 1 aliphatic rings. The van der Waals surface area contributed by atoms with Gasteiger partial charge in [0.1, 0.15) is 11.6 Å². The van der Waals surface area contributed by atoms with Crippen LogP contribution >= 0.6 is 0 Å². The van der Waals surface area contributed by atoms with Crippen LogP contribution in [0.1, 0.15) is 25.3 Å². The molecule has 0 saturated heterocycles. The van der Waals surface area contributed by atoms with Gasteiger partial charge >= 0.3 is 6.18 Å². The van der Waals surface area contributed by atoms with Gasteiger partial charge in [0, 0.05) is 6.54 Å². The normalized spacial score (nSPS) is 17.6. The summed E-state index contributed by atoms with van der Waals surface area (Å²) in [5.74, 6) is 1.21. The van der Waals surface area contributed by atoms with E-state index in [1.165, 1.54) is 12.8 Å². The van der Waals surface area contributed by atoms with Crippen LogP contribution in [0.3, 0.4) is 0 Å². The highest BCUT2D eigenvalue weighted by molar-refractivity contribution is 5.47. The van der Waals surface area contributed by atoms with Crippen LogP contribution in [-0.4, -0.2) is 11.5 Å². The van der Waals surface area contributed by atoms with Crippen LogP contribution < -0.4 is 11.1 Å². The molecule has 0 amide bonds. The summed E-state index contributed by atoms with van der Waals surface area (Å²) >= 11 is 0. The molecular formula is C12H16F3N3. The fraction of sp³-hybridized carbons (Fsp3) is 0.583. The van der Waals surface area contributed by atoms with Crippen molar-refractivity contribution in [2.45, 2.75) is 25.9 Å². The molecule has 6 heteroatoms. The zero-order valence-electron chi connectivity index (χ0n) is 10.1. The number of pyridine rings is 1. The Morgan fingerprint density at radius 1 is 1.44 bits per heavy atom. The summed E-state index contributed by atoms with van der Waals surface area (Å²) < 4.78 is 37.7. The molecule has 1 atom stereocenters. The fourth-order valence-electron chi connectivity index (χ4n) is 1.90. The Labute approximate surface area is 104 Å². The van der Waals surface area contributed by atoms with Crippen molar-refractivity contribution < 1.29 is 13.2 Å². The molecule has 0 radical (unpaired) electrons. The summed E-state index contributed by atoms with van der Waals surface area (Å²) in [6.45, 7) is 2.71. The van der Waals surface area contributed by atoms with Gasteiger partial charge in [-0.3, -0.25) is 0 Å². The number of alkyl halides is 3. The van der Waals surface area contributed by atoms with E-state index in [-0.39, 0.29) is 11.6 Å². The van der Waals surface area contributed by atoms with Crippen LogP contribution in [0.15, 0.2) is 12.1 Å². The van der Waals surface area contributed by atoms with E-state index >= 15 is 0 Å². The van der Waals surface area contributed by atoms with E-state index < -0.39 is 11.7 Å². The molecule has 1 heterocycles. The molecule has 2 rings (SSSR count). The second-order valence-electron chi connectivity index (χ2n) is 4.86. The monoisotopic (exact) mass is 259 g/mol. The first kappa shape index (κ1) is 13.0. The Kier molecular flexibility index (Phi) is 3.36. The van der Waals surface area contributed by atoms with Gasteiger partial charge in [-0.05, 0) is 36.8 Å². The predicted octanol–water partition coefficient (Wildman–Crippen LogP) is 3.14. The number of nitrogens with two attached hydrogens (primary N) is 1. The number of hydrogen-bond donors (Lipinski definition) is 2. The first-order valence-electron chi connectivity index (χ1n) is 5.95. The fourth-order valence-corrected chi connectivity index (χ4v) is 1.90. The Hall–Kier alpha value is -1.46. The lowest BCUT2D eigenvalue weighted by atomic mass is 10.1. The molecular weight excluding hydrogens is 243 g/mol. The van der Waals surface area contributed by atoms with E-state index in [0.29, 0.717) is 18.4 Å². The highest BCUT2D eigenvalue weighted by Crippen LogP contribution is 2.36. The van der Waals surface area contributed by atoms with Crippen LogP contribution in [0.5, 0.6) is 0 Å². The van der Waals surface area contributed by atoms with Gasteiger partial charge in [-0.1, -0.05) is 6.92 Å². The van der Waals surface area contributed by atoms with Gasteiger partial charge in [0.25, 0.3) is 0 Å². The van der Waals surface area contributed by atoms with Gasteiger partial charge in [0.15, 0.2) is 0 Å². The van der Waals surface area contributed by atoms with Gasteiger partial charge < -0.3 is 11.1 Å². The molecule has 1 unspecified atom stereocenters. The Morgan fingerprint density at radius 2 is 2.11 bits per heavy atom. The molecule has 18 heavy (non-hydrogen) atoms. The molecule has 1 saturated carbocycles. The maximum absolute atomic E-state index is 12.6. The summed E-state index contributed by atoms with van der Waals surface area (Å²) in [5.41, 5.74) is 4.62. The number of nitrogens with zero attached hydrogens (tertiary/aromatic N) is 1. The van der Waals surface area contributed by atoms with E-state index in [2.05, 4.69) is 17.2 Å². The van der Waals surface area contributed by atoms with Crippen LogP contribution in [0.2, 0.25) is 0 Å². The van der Waals surface area contributed by atoms with Gasteiger partial charge in [-0.25, -0.2) is 4.98 Å². The molecule has 1 aromatic heterocycles. The standard InChI is InChI=1S/C12H16F3N3/c1-7(8-2-3-8)6-17-11-5-9(12(13,14)15)4-10(16)18-11/h4-5,7-8H,2-3,6H2,1H3,(H3,16,17,18). The maximum Gasteiger partial charge on any atom is 0.416 e. The lowest BCUT2D eigenvalue weighted by molar-refractivity contribution is -0.137. The summed E-state index contributed by atoms with van der Waals surface area (Å²) in [6, 6.07) is 1.84. The second kappa shape index (κ2) is 4.66. The third kappa shape index (κ3) is 3.27. The molecule has 0 bridgehead atoms. The molecule has 0 aliphatic heterocycles. The predicted molar refractivity (Wildman–Crippen MR) is 64.0 cm³/mol. The lowest BCUT2D eigenvalue weighted by Gasteiger charge is -2.14. The Morgan fingerprint density at radius 3 is 2.67 bits per heavy atom. The van der Waals surface area contributed by atoms with Crippen LogP contribution in [-0.2, 0) is 6.18 Å². The number of nitrogen functional groups attached to an aromatic ring is 1. The third-order valence-electron chi connectivity index (χ3n) is 3.20. The number of nitrogens with one attached hydrogen (secondary N) is 1. The topological polar surface area (TPSA) is 50.9 Å². The highest BCUT2D eigenvalue weighted by Gasteiger charge is 2.32. The van der Waals surface area contributed by atoms with Crippen molar-refractivity contribution in [3.8, 4) is 0 Å². The smallest absolute Gasteiger partial charge is 0.384 e. The molecule has 1 aliphatic carbocycles. The molecule has 0 aromatic carbocycles. The average molecular weight is 259 g/mol. The average Bonchev–Trinajstić information content (AvgIpc) is 3.07. The summed E-state index contributed by atoms with van der Waals surface area (Å²) in [4.78, 5) is 3.87. The quantitative estimate of drug-likeness (QED) is 0.873. The van der Waals surface area contributed by atoms with Crippen molar-refractivity contribution in [3.05, 3.63) is 17.7 Å². The van der Waals surface area contributed by atoms with E-state index in [9.17, 15) is 13.2 Å². The van der Waals surface area contributed by atoms with E-state index in [1.807, 2.05) is 0 Å². The lowest BCUT2D eigenvalue weighted by Crippen LogP contribution is -2.15. The summed E-state index contributed by atoms with van der Waals surface area (Å²) in [7, 11) is 0. The van der Waals surface area contributed by atoms with Crippen molar-refractivity contribution in [2.24, 2.45) is 11.8 Å². The molecule has 3 N–H and O–H groups in total. The van der Waals surface area contributed by atoms with Crippen molar-refractivity contribution in [1.29, 1.82) is 0 Å². The molecule has 3 nitrogen and oxygen atoms in total. The van der Waals surface area contributed by atoms with E-state index in [1.54, 1.807) is 0 Å². The minimum absolute atomic E-state index is 0.119. The zero-order chi connectivity index (χ0) is 13.3. The van der Waals surface area contributed by atoms with Crippen molar-refractivity contribution in [3.63, 3.8) is 0 Å². The van der Waals surface area contributed by atoms with Gasteiger partial charge in [0.2, 0.25) is 0 Å². The SMILES string of the molecule is CC(CNc1cc(C(F)(F)F)cc(N)n1)C1CC1. The van der Waals surface area contributed by atoms with Crippen molar-refractivity contribution >= 4 is 11.6 Å². The summed E-state index contributed by atoms with van der Waals surface area (Å²) in [6.07, 6.45) is -1.97. The molecule has 1 fully saturated rings. The molecule has 0 spiro atoms. The van der Waals surface area contributed by atoms with Crippen molar-refractivity contribution in [2.75, 3.05) is 17.6 Å². The maximum atomic E-state index is 12.6. The molecule has 1 aromatic rings. The first-order valence-corrected chi connectivity index (χ1v) is 5.95. The largest absolute Gasteiger partial charge is 0.416 e. The number of rotatable bonds is 4. The van der Waals surface area contributed by atoms with Crippen LogP contribution in [0.4, 0.5) is 24.8 Å². The molecule has 100 valence electrons. The second-order valence-corrected chi connectivity index (χ2v) is 4.86. The van der Waals surface area contributed by atoms with E-state index in [4.69, 9.17) is 5.73 Å². The van der Waals surface area contributed by atoms with Gasteiger partial charge in [0.05, 0.1) is 5.56 Å². The zero-order valence-corrected chi connectivity index (χ0v) is 10.1. The minimum Gasteiger partial charge on any atom is -0.384 e. The number of halogens is 3. The number of hydrogen-bond acceptors (Lipinski definition) is 3. The number of aromatic nitrogens is 1. The van der Waals surface area contributed by atoms with E-state index in [0.717, 1.165) is 12.1 Å².